The van der Waals surface area contributed by atoms with E-state index in [0.717, 1.165) is 24.3 Å². The van der Waals surface area contributed by atoms with Gasteiger partial charge in [0.1, 0.15) is 5.82 Å². The first-order chi connectivity index (χ1) is 14.7. The highest BCUT2D eigenvalue weighted by Gasteiger charge is 2.16. The zero-order chi connectivity index (χ0) is 22.5. The molecule has 0 saturated carbocycles. The van der Waals surface area contributed by atoms with Gasteiger partial charge in [-0.1, -0.05) is 0 Å². The van der Waals surface area contributed by atoms with Crippen molar-refractivity contribution in [3.8, 4) is 0 Å². The lowest BCUT2D eigenvalue weighted by Crippen LogP contribution is -2.36. The fourth-order valence-corrected chi connectivity index (χ4v) is 2.59. The molecule has 0 aliphatic rings. The summed E-state index contributed by atoms with van der Waals surface area (Å²) in [7, 11) is 0. The van der Waals surface area contributed by atoms with Crippen molar-refractivity contribution in [3.63, 3.8) is 0 Å². The highest BCUT2D eigenvalue weighted by molar-refractivity contribution is 6.10. The molecule has 1 aromatic heterocycles. The summed E-state index contributed by atoms with van der Waals surface area (Å²) in [5.41, 5.74) is 0.746. The summed E-state index contributed by atoms with van der Waals surface area (Å²) in [6, 6.07) is 9.63. The average molecular weight is 426 g/mol. The van der Waals surface area contributed by atoms with Crippen LogP contribution in [0.25, 0.3) is 0 Å². The highest BCUT2D eigenvalue weighted by Crippen LogP contribution is 2.22. The quantitative estimate of drug-likeness (QED) is 0.283. The number of anilines is 1. The maximum atomic E-state index is 13.6. The Labute approximate surface area is 175 Å². The number of aliphatic imine (C=N–C) groups is 1. The van der Waals surface area contributed by atoms with Crippen molar-refractivity contribution in [1.29, 1.82) is 0 Å². The number of carbonyl (C=O) groups is 1. The van der Waals surface area contributed by atoms with E-state index in [1.807, 2.05) is 0 Å². The Bertz CT molecular complexity index is 1160. The van der Waals surface area contributed by atoms with Gasteiger partial charge in [-0.05, 0) is 56.3 Å². The fourth-order valence-electron chi connectivity index (χ4n) is 2.59. The van der Waals surface area contributed by atoms with Crippen LogP contribution in [0.4, 0.5) is 26.1 Å². The standard InChI is InChI=1S/C20H16F2N6O3/c1-11-9-12(2)24-19(23-11)27-20(26-18(29)13-3-5-14(21)6-4-13)25-15-7-8-16(22)17(10-15)28(30)31/h3-10H,1-2H3,(H2,23,24,25,26,27,29). The summed E-state index contributed by atoms with van der Waals surface area (Å²) in [5, 5.41) is 16.2. The average Bonchev–Trinajstić information content (AvgIpc) is 2.68. The Kier molecular flexibility index (Phi) is 6.24. The molecule has 11 heteroatoms. The highest BCUT2D eigenvalue weighted by atomic mass is 19.1. The topological polar surface area (TPSA) is 122 Å². The van der Waals surface area contributed by atoms with Gasteiger partial charge in [0.05, 0.1) is 4.92 Å². The number of carbonyl (C=O) groups excluding carboxylic acids is 1. The van der Waals surface area contributed by atoms with Gasteiger partial charge in [-0.2, -0.15) is 9.38 Å². The summed E-state index contributed by atoms with van der Waals surface area (Å²) in [4.78, 5) is 35.2. The second-order valence-corrected chi connectivity index (χ2v) is 6.42. The van der Waals surface area contributed by atoms with Crippen LogP contribution in [0.5, 0.6) is 0 Å². The molecule has 9 nitrogen and oxygen atoms in total. The monoisotopic (exact) mass is 426 g/mol. The third-order valence-electron chi connectivity index (χ3n) is 3.93. The third-order valence-corrected chi connectivity index (χ3v) is 3.93. The van der Waals surface area contributed by atoms with Gasteiger partial charge in [0.15, 0.2) is 0 Å². The summed E-state index contributed by atoms with van der Waals surface area (Å²) in [6.07, 6.45) is 0. The van der Waals surface area contributed by atoms with Crippen molar-refractivity contribution in [2.45, 2.75) is 13.8 Å². The molecule has 0 aliphatic heterocycles. The first-order valence-corrected chi connectivity index (χ1v) is 8.90. The molecule has 1 heterocycles. The Hall–Kier alpha value is -4.28. The number of hydrogen-bond acceptors (Lipinski definition) is 6. The van der Waals surface area contributed by atoms with E-state index in [0.29, 0.717) is 11.4 Å². The number of rotatable bonds is 4. The van der Waals surface area contributed by atoms with E-state index in [1.165, 1.54) is 18.2 Å². The van der Waals surface area contributed by atoms with E-state index >= 15 is 0 Å². The molecule has 0 bridgehead atoms. The molecular weight excluding hydrogens is 410 g/mol. The van der Waals surface area contributed by atoms with E-state index in [2.05, 4.69) is 25.6 Å². The summed E-state index contributed by atoms with van der Waals surface area (Å²) >= 11 is 0. The minimum absolute atomic E-state index is 0.0241. The number of hydrogen-bond donors (Lipinski definition) is 2. The molecule has 0 spiro atoms. The number of aryl methyl sites for hydroxylation is 2. The molecule has 0 aliphatic carbocycles. The maximum absolute atomic E-state index is 13.6. The number of aromatic nitrogens is 2. The molecule has 3 rings (SSSR count). The molecule has 0 unspecified atom stereocenters. The summed E-state index contributed by atoms with van der Waals surface area (Å²) in [5.74, 6) is -2.30. The van der Waals surface area contributed by atoms with Crippen LogP contribution in [0.2, 0.25) is 0 Å². The molecule has 31 heavy (non-hydrogen) atoms. The second-order valence-electron chi connectivity index (χ2n) is 6.42. The summed E-state index contributed by atoms with van der Waals surface area (Å²) < 4.78 is 26.8. The molecule has 158 valence electrons. The van der Waals surface area contributed by atoms with E-state index < -0.39 is 28.2 Å². The van der Waals surface area contributed by atoms with E-state index in [4.69, 9.17) is 0 Å². The number of benzene rings is 2. The van der Waals surface area contributed by atoms with Gasteiger partial charge in [-0.25, -0.2) is 14.4 Å². The summed E-state index contributed by atoms with van der Waals surface area (Å²) in [6.45, 7) is 3.47. The van der Waals surface area contributed by atoms with Crippen molar-refractivity contribution < 1.29 is 18.5 Å². The van der Waals surface area contributed by atoms with Crippen molar-refractivity contribution in [2.24, 2.45) is 4.99 Å². The van der Waals surface area contributed by atoms with Crippen LogP contribution in [0.1, 0.15) is 21.7 Å². The van der Waals surface area contributed by atoms with Gasteiger partial charge < -0.3 is 5.32 Å². The smallest absolute Gasteiger partial charge is 0.306 e. The lowest BCUT2D eigenvalue weighted by Gasteiger charge is -2.12. The number of halogens is 2. The Morgan fingerprint density at radius 2 is 1.68 bits per heavy atom. The van der Waals surface area contributed by atoms with Gasteiger partial charge >= 0.3 is 5.69 Å². The Balaban J connectivity index is 1.96. The third kappa shape index (κ3) is 5.63. The molecular formula is C20H16F2N6O3. The minimum atomic E-state index is -1.01. The number of nitro groups is 1. The molecule has 0 saturated heterocycles. The van der Waals surface area contributed by atoms with Crippen molar-refractivity contribution in [3.05, 3.63) is 87.2 Å². The minimum Gasteiger partial charge on any atom is -0.325 e. The van der Waals surface area contributed by atoms with Gasteiger partial charge in [-0.15, -0.1) is 0 Å². The Morgan fingerprint density at radius 1 is 1.03 bits per heavy atom. The molecule has 0 atom stereocenters. The first kappa shape index (κ1) is 21.4. The SMILES string of the molecule is Cc1cc(C)nc(/N=C(/NC(=O)c2ccc(F)cc2)Nc2ccc(F)c([N+](=O)[O-])c2)n1. The van der Waals surface area contributed by atoms with E-state index in [1.54, 1.807) is 19.9 Å². The van der Waals surface area contributed by atoms with Crippen LogP contribution in [0.3, 0.4) is 0 Å². The van der Waals surface area contributed by atoms with Crippen LogP contribution in [-0.2, 0) is 0 Å². The second kappa shape index (κ2) is 9.03. The van der Waals surface area contributed by atoms with Gasteiger partial charge in [0.2, 0.25) is 11.8 Å². The zero-order valence-electron chi connectivity index (χ0n) is 16.4. The molecule has 2 aromatic carbocycles. The molecule has 1 amide bonds. The van der Waals surface area contributed by atoms with E-state index in [-0.39, 0.29) is 23.2 Å². The fraction of sp³-hybridized carbons (Fsp3) is 0.100. The lowest BCUT2D eigenvalue weighted by molar-refractivity contribution is -0.387. The largest absolute Gasteiger partial charge is 0.325 e. The van der Waals surface area contributed by atoms with Crippen LogP contribution < -0.4 is 10.6 Å². The zero-order valence-corrected chi connectivity index (χ0v) is 16.4. The van der Waals surface area contributed by atoms with Crippen LogP contribution >= 0.6 is 0 Å². The lowest BCUT2D eigenvalue weighted by atomic mass is 10.2. The van der Waals surface area contributed by atoms with Gasteiger partial charge in [0.25, 0.3) is 11.9 Å². The first-order valence-electron chi connectivity index (χ1n) is 8.90. The maximum Gasteiger partial charge on any atom is 0.306 e. The molecule has 3 aromatic rings. The number of nitrogens with zero attached hydrogens (tertiary/aromatic N) is 4. The number of amides is 1. The normalized spacial score (nSPS) is 11.2. The van der Waals surface area contributed by atoms with Crippen LogP contribution in [0, 0.1) is 35.6 Å². The van der Waals surface area contributed by atoms with Crippen LogP contribution in [-0.4, -0.2) is 26.8 Å². The Morgan fingerprint density at radius 3 is 2.29 bits per heavy atom. The molecule has 0 radical (unpaired) electrons. The van der Waals surface area contributed by atoms with Crippen LogP contribution in [0.15, 0.2) is 53.5 Å². The van der Waals surface area contributed by atoms with Gasteiger partial charge in [0, 0.05) is 28.7 Å². The van der Waals surface area contributed by atoms with Crippen molar-refractivity contribution in [1.82, 2.24) is 15.3 Å². The molecule has 2 N–H and O–H groups in total. The molecule has 0 fully saturated rings. The predicted molar refractivity (Wildman–Crippen MR) is 109 cm³/mol. The number of nitrogens with one attached hydrogen (secondary N) is 2. The van der Waals surface area contributed by atoms with Crippen molar-refractivity contribution in [2.75, 3.05) is 5.32 Å². The number of guanidine groups is 1. The number of nitro benzene ring substituents is 1. The predicted octanol–water partition coefficient (Wildman–Crippen LogP) is 3.81. The van der Waals surface area contributed by atoms with Crippen molar-refractivity contribution >= 4 is 29.2 Å². The van der Waals surface area contributed by atoms with Gasteiger partial charge in [-0.3, -0.25) is 20.2 Å². The van der Waals surface area contributed by atoms with E-state index in [9.17, 15) is 23.7 Å².